The zero-order chi connectivity index (χ0) is 12.0. The van der Waals surface area contributed by atoms with Gasteiger partial charge in [0.15, 0.2) is 0 Å². The molecular formula is C14H23NOS. The summed E-state index contributed by atoms with van der Waals surface area (Å²) in [6.45, 7) is 1.98. The van der Waals surface area contributed by atoms with E-state index in [1.54, 1.807) is 0 Å². The van der Waals surface area contributed by atoms with Crippen LogP contribution in [0.15, 0.2) is 0 Å². The molecule has 0 aliphatic carbocycles. The normalized spacial score (nSPS) is 27.8. The van der Waals surface area contributed by atoms with Crippen LogP contribution in [0.1, 0.15) is 38.5 Å². The van der Waals surface area contributed by atoms with Crippen LogP contribution < -0.4 is 5.32 Å². The summed E-state index contributed by atoms with van der Waals surface area (Å²) < 4.78 is 6.08. The number of hydrogen-bond donors (Lipinski definition) is 1. The minimum atomic E-state index is 0.202. The van der Waals surface area contributed by atoms with Gasteiger partial charge in [-0.2, -0.15) is 11.8 Å². The highest BCUT2D eigenvalue weighted by Crippen LogP contribution is 2.37. The van der Waals surface area contributed by atoms with Gasteiger partial charge in [-0.05, 0) is 50.2 Å². The van der Waals surface area contributed by atoms with Crippen LogP contribution in [0.3, 0.4) is 0 Å². The number of terminal acetylenes is 1. The van der Waals surface area contributed by atoms with Crippen LogP contribution in [0, 0.1) is 12.3 Å². The van der Waals surface area contributed by atoms with Crippen LogP contribution in [0.25, 0.3) is 0 Å². The Kier molecular flexibility index (Phi) is 5.21. The van der Waals surface area contributed by atoms with Gasteiger partial charge in [-0.1, -0.05) is 0 Å². The van der Waals surface area contributed by atoms with Gasteiger partial charge in [-0.25, -0.2) is 0 Å². The molecule has 2 aliphatic rings. The number of unbranched alkanes of at least 4 members (excludes halogenated alkanes) is 1. The monoisotopic (exact) mass is 253 g/mol. The molecule has 0 amide bonds. The number of rotatable bonds is 4. The van der Waals surface area contributed by atoms with Crippen molar-refractivity contribution in [2.75, 3.05) is 24.7 Å². The Morgan fingerprint density at radius 3 is 3.00 bits per heavy atom. The van der Waals surface area contributed by atoms with Gasteiger partial charge in [0, 0.05) is 19.1 Å². The van der Waals surface area contributed by atoms with Gasteiger partial charge < -0.3 is 10.1 Å². The first-order valence-corrected chi connectivity index (χ1v) is 7.89. The lowest BCUT2D eigenvalue weighted by Gasteiger charge is -2.43. The Morgan fingerprint density at radius 2 is 2.24 bits per heavy atom. The van der Waals surface area contributed by atoms with E-state index in [1.165, 1.54) is 30.8 Å². The second-order valence-corrected chi connectivity index (χ2v) is 6.32. The van der Waals surface area contributed by atoms with Gasteiger partial charge in [-0.3, -0.25) is 0 Å². The standard InChI is InChI=1S/C14H23NOS/c1-2-3-4-8-15-13-5-9-16-14(12-13)6-10-17-11-7-14/h1,13,15H,3-12H2. The van der Waals surface area contributed by atoms with Gasteiger partial charge in [0.25, 0.3) is 0 Å². The van der Waals surface area contributed by atoms with Crippen molar-refractivity contribution >= 4 is 11.8 Å². The Bertz CT molecular complexity index is 262. The zero-order valence-electron chi connectivity index (χ0n) is 10.5. The summed E-state index contributed by atoms with van der Waals surface area (Å²) >= 11 is 2.07. The number of thioether (sulfide) groups is 1. The maximum Gasteiger partial charge on any atom is 0.0713 e. The van der Waals surface area contributed by atoms with Gasteiger partial charge in [0.2, 0.25) is 0 Å². The quantitative estimate of drug-likeness (QED) is 0.614. The van der Waals surface area contributed by atoms with E-state index in [9.17, 15) is 0 Å². The molecule has 0 bridgehead atoms. The predicted molar refractivity (Wildman–Crippen MR) is 74.3 cm³/mol. The van der Waals surface area contributed by atoms with E-state index in [-0.39, 0.29) is 5.60 Å². The van der Waals surface area contributed by atoms with E-state index in [2.05, 4.69) is 23.0 Å². The van der Waals surface area contributed by atoms with Crippen LogP contribution in [-0.4, -0.2) is 36.3 Å². The van der Waals surface area contributed by atoms with E-state index >= 15 is 0 Å². The van der Waals surface area contributed by atoms with Gasteiger partial charge in [0.1, 0.15) is 0 Å². The molecule has 1 spiro atoms. The van der Waals surface area contributed by atoms with Crippen LogP contribution >= 0.6 is 11.8 Å². The van der Waals surface area contributed by atoms with E-state index in [0.29, 0.717) is 6.04 Å². The Morgan fingerprint density at radius 1 is 1.41 bits per heavy atom. The molecule has 0 radical (unpaired) electrons. The Labute approximate surface area is 109 Å². The molecule has 17 heavy (non-hydrogen) atoms. The highest BCUT2D eigenvalue weighted by atomic mass is 32.2. The van der Waals surface area contributed by atoms with Crippen molar-refractivity contribution in [2.45, 2.75) is 50.2 Å². The van der Waals surface area contributed by atoms with Crippen LogP contribution in [0.2, 0.25) is 0 Å². The van der Waals surface area contributed by atoms with Gasteiger partial charge >= 0.3 is 0 Å². The average Bonchev–Trinajstić information content (AvgIpc) is 2.36. The van der Waals surface area contributed by atoms with Crippen molar-refractivity contribution in [2.24, 2.45) is 0 Å². The minimum Gasteiger partial charge on any atom is -0.375 e. The lowest BCUT2D eigenvalue weighted by molar-refractivity contribution is -0.0930. The number of ether oxygens (including phenoxy) is 1. The lowest BCUT2D eigenvalue weighted by atomic mass is 9.85. The SMILES string of the molecule is C#CCCCNC1CCOC2(CCSCC2)C1. The topological polar surface area (TPSA) is 21.3 Å². The molecule has 1 unspecified atom stereocenters. The summed E-state index contributed by atoms with van der Waals surface area (Å²) in [5.74, 6) is 5.23. The first-order valence-electron chi connectivity index (χ1n) is 6.73. The minimum absolute atomic E-state index is 0.202. The third-order valence-electron chi connectivity index (χ3n) is 3.83. The maximum atomic E-state index is 6.08. The van der Waals surface area contributed by atoms with E-state index < -0.39 is 0 Å². The van der Waals surface area contributed by atoms with Crippen molar-refractivity contribution in [3.63, 3.8) is 0 Å². The molecule has 2 nitrogen and oxygen atoms in total. The first-order chi connectivity index (χ1) is 8.35. The molecule has 2 saturated heterocycles. The highest BCUT2D eigenvalue weighted by Gasteiger charge is 2.38. The second-order valence-electron chi connectivity index (χ2n) is 5.10. The smallest absolute Gasteiger partial charge is 0.0713 e. The van der Waals surface area contributed by atoms with Crippen molar-refractivity contribution in [1.29, 1.82) is 0 Å². The molecule has 2 rings (SSSR count). The fraction of sp³-hybridized carbons (Fsp3) is 0.857. The summed E-state index contributed by atoms with van der Waals surface area (Å²) in [5, 5.41) is 3.65. The van der Waals surface area contributed by atoms with Crippen LogP contribution in [-0.2, 0) is 4.74 Å². The molecule has 2 aliphatic heterocycles. The predicted octanol–water partition coefficient (Wildman–Crippen LogP) is 2.43. The lowest BCUT2D eigenvalue weighted by Crippen LogP contribution is -2.49. The molecule has 0 saturated carbocycles. The van der Waals surface area contributed by atoms with Crippen LogP contribution in [0.5, 0.6) is 0 Å². The van der Waals surface area contributed by atoms with Gasteiger partial charge in [-0.15, -0.1) is 12.3 Å². The van der Waals surface area contributed by atoms with Crippen LogP contribution in [0.4, 0.5) is 0 Å². The molecule has 96 valence electrons. The summed E-state index contributed by atoms with van der Waals surface area (Å²) in [7, 11) is 0. The fourth-order valence-electron chi connectivity index (χ4n) is 2.79. The molecule has 1 atom stereocenters. The average molecular weight is 253 g/mol. The van der Waals surface area contributed by atoms with Gasteiger partial charge in [0.05, 0.1) is 5.60 Å². The third kappa shape index (κ3) is 3.91. The summed E-state index contributed by atoms with van der Waals surface area (Å²) in [4.78, 5) is 0. The van der Waals surface area contributed by atoms with Crippen molar-refractivity contribution in [3.05, 3.63) is 0 Å². The second kappa shape index (κ2) is 6.68. The number of hydrogen-bond acceptors (Lipinski definition) is 3. The highest BCUT2D eigenvalue weighted by molar-refractivity contribution is 7.99. The fourth-order valence-corrected chi connectivity index (χ4v) is 4.03. The van der Waals surface area contributed by atoms with E-state index in [4.69, 9.17) is 11.2 Å². The largest absolute Gasteiger partial charge is 0.375 e. The molecule has 3 heteroatoms. The molecule has 2 heterocycles. The number of nitrogens with one attached hydrogen (secondary N) is 1. The summed E-state index contributed by atoms with van der Waals surface area (Å²) in [6.07, 6.45) is 12.1. The third-order valence-corrected chi connectivity index (χ3v) is 4.81. The molecule has 1 N–H and O–H groups in total. The Balaban J connectivity index is 1.74. The molecule has 0 aromatic rings. The van der Waals surface area contributed by atoms with Crippen molar-refractivity contribution in [1.82, 2.24) is 5.32 Å². The van der Waals surface area contributed by atoms with Crippen molar-refractivity contribution in [3.8, 4) is 12.3 Å². The van der Waals surface area contributed by atoms with Crippen molar-refractivity contribution < 1.29 is 4.74 Å². The molecule has 2 fully saturated rings. The summed E-state index contributed by atoms with van der Waals surface area (Å²) in [6, 6.07) is 0.643. The summed E-state index contributed by atoms with van der Waals surface area (Å²) in [5.41, 5.74) is 0.202. The Hall–Kier alpha value is -0.170. The first kappa shape index (κ1) is 13.3. The molecule has 0 aromatic heterocycles. The molecular weight excluding hydrogens is 230 g/mol. The molecule has 0 aromatic carbocycles. The van der Waals surface area contributed by atoms with E-state index in [0.717, 1.165) is 32.4 Å². The maximum absolute atomic E-state index is 6.08. The van der Waals surface area contributed by atoms with E-state index in [1.807, 2.05) is 0 Å². The zero-order valence-corrected chi connectivity index (χ0v) is 11.4.